The molecule has 14 nitrogen and oxygen atoms in total. The monoisotopic (exact) mass is 782 g/mol. The maximum atomic E-state index is 13.0. The van der Waals surface area contributed by atoms with Crippen LogP contribution in [0.15, 0.2) is 72.8 Å². The van der Waals surface area contributed by atoms with Gasteiger partial charge in [-0.15, -0.1) is 0 Å². The second-order valence-electron chi connectivity index (χ2n) is 13.7. The van der Waals surface area contributed by atoms with E-state index in [4.69, 9.17) is 21.4 Å². The van der Waals surface area contributed by atoms with Crippen molar-refractivity contribution in [3.63, 3.8) is 0 Å². The summed E-state index contributed by atoms with van der Waals surface area (Å²) in [4.78, 5) is 61.2. The first-order chi connectivity index (χ1) is 26.0. The first-order valence-corrected chi connectivity index (χ1v) is 17.4. The third kappa shape index (κ3) is 12.3. The molecular formula is C37H38ClF3N8O6. The summed E-state index contributed by atoms with van der Waals surface area (Å²) >= 11 is 6.03. The van der Waals surface area contributed by atoms with Crippen molar-refractivity contribution >= 4 is 58.6 Å². The van der Waals surface area contributed by atoms with Crippen molar-refractivity contribution in [3.8, 4) is 6.01 Å². The van der Waals surface area contributed by atoms with Crippen LogP contribution in [0.4, 0.5) is 36.4 Å². The van der Waals surface area contributed by atoms with E-state index >= 15 is 0 Å². The number of ether oxygens (including phenoxy) is 1. The van der Waals surface area contributed by atoms with Gasteiger partial charge in [-0.2, -0.15) is 28.1 Å². The summed E-state index contributed by atoms with van der Waals surface area (Å²) < 4.78 is 43.7. The molecule has 1 aliphatic carbocycles. The van der Waals surface area contributed by atoms with Crippen LogP contribution in [0.25, 0.3) is 0 Å². The molecule has 290 valence electrons. The van der Waals surface area contributed by atoms with Gasteiger partial charge in [0.15, 0.2) is 6.61 Å². The maximum absolute atomic E-state index is 13.0. The van der Waals surface area contributed by atoms with Gasteiger partial charge in [0.1, 0.15) is 0 Å². The van der Waals surface area contributed by atoms with Crippen LogP contribution >= 0.6 is 11.6 Å². The van der Waals surface area contributed by atoms with Crippen molar-refractivity contribution in [2.24, 2.45) is 5.41 Å². The van der Waals surface area contributed by atoms with Crippen LogP contribution in [-0.4, -0.2) is 69.6 Å². The summed E-state index contributed by atoms with van der Waals surface area (Å²) in [7, 11) is 0. The smallest absolute Gasteiger partial charge is 0.422 e. The number of halogens is 4. The van der Waals surface area contributed by atoms with Gasteiger partial charge in [0.05, 0.1) is 5.54 Å². The number of hydrogen-bond donors (Lipinski definition) is 6. The zero-order chi connectivity index (χ0) is 39.8. The average molecular weight is 783 g/mol. The van der Waals surface area contributed by atoms with Gasteiger partial charge in [-0.25, -0.2) is 0 Å². The fraction of sp³-hybridized carbons (Fsp3) is 0.324. The standard InChI is InChI=1S/C37H38ClF3N8O6/c1-35(2,20-43-30(53)31(54)44-27-5-3-4-22(18-27)6-15-28(50)51)19-42-29(52)23-7-13-26(14-8-23)45-32-46-33(48-34(47-32)55-21-37(39,40)41)49-36(16-17-36)24-9-11-25(38)12-10-24/h3-5,7-14,18H,6,15-17,19-21H2,1-2H3,(H,42,52)(H,43,53)(H,44,54)(H,50,51)(H2,45,46,47,48,49). The number of rotatable bonds is 16. The number of carboxylic acid groups (broad SMARTS) is 1. The van der Waals surface area contributed by atoms with Gasteiger partial charge < -0.3 is 36.4 Å². The second-order valence-corrected chi connectivity index (χ2v) is 14.1. The number of nitrogens with zero attached hydrogens (tertiary/aromatic N) is 3. The zero-order valence-corrected chi connectivity index (χ0v) is 30.5. The molecule has 0 spiro atoms. The van der Waals surface area contributed by atoms with E-state index in [0.29, 0.717) is 27.5 Å². The number of carbonyl (C=O) groups excluding carboxylic acids is 3. The molecule has 0 unspecified atom stereocenters. The lowest BCUT2D eigenvalue weighted by Crippen LogP contribution is -2.44. The maximum Gasteiger partial charge on any atom is 0.422 e. The van der Waals surface area contributed by atoms with Crippen molar-refractivity contribution in [1.29, 1.82) is 0 Å². The van der Waals surface area contributed by atoms with Gasteiger partial charge in [-0.1, -0.05) is 49.7 Å². The summed E-state index contributed by atoms with van der Waals surface area (Å²) in [5.41, 5.74) is 1.47. The van der Waals surface area contributed by atoms with Crippen LogP contribution in [0.3, 0.4) is 0 Å². The molecule has 4 aromatic rings. The Bertz CT molecular complexity index is 2030. The number of nitrogens with one attached hydrogen (secondary N) is 5. The molecule has 55 heavy (non-hydrogen) atoms. The summed E-state index contributed by atoms with van der Waals surface area (Å²) in [6.45, 7) is 2.16. The molecule has 3 amide bonds. The fourth-order valence-electron chi connectivity index (χ4n) is 5.23. The van der Waals surface area contributed by atoms with E-state index in [0.717, 1.165) is 18.4 Å². The zero-order valence-electron chi connectivity index (χ0n) is 29.7. The Balaban J connectivity index is 1.14. The lowest BCUT2D eigenvalue weighted by Gasteiger charge is -2.25. The van der Waals surface area contributed by atoms with Gasteiger partial charge in [0, 0.05) is 41.5 Å². The molecule has 1 aliphatic rings. The lowest BCUT2D eigenvalue weighted by molar-refractivity contribution is -0.154. The Morgan fingerprint density at radius 2 is 1.53 bits per heavy atom. The fourth-order valence-corrected chi connectivity index (χ4v) is 5.36. The molecular weight excluding hydrogens is 745 g/mol. The van der Waals surface area contributed by atoms with Gasteiger partial charge in [-0.3, -0.25) is 19.2 Å². The van der Waals surface area contributed by atoms with Crippen LogP contribution in [0.2, 0.25) is 5.02 Å². The SMILES string of the molecule is CC(C)(CNC(=O)C(=O)Nc1cccc(CCC(=O)O)c1)CNC(=O)c1ccc(Nc2nc(NC3(c4ccc(Cl)cc4)CC3)nc(OCC(F)(F)F)n2)cc1. The van der Waals surface area contributed by atoms with E-state index in [1.807, 2.05) is 12.1 Å². The topological polar surface area (TPSA) is 197 Å². The number of anilines is 4. The van der Waals surface area contributed by atoms with Gasteiger partial charge in [-0.05, 0) is 84.3 Å². The molecule has 5 rings (SSSR count). The number of aromatic nitrogens is 3. The Hall–Kier alpha value is -5.97. The molecule has 0 atom stereocenters. The number of carboxylic acids is 1. The number of amides is 3. The van der Waals surface area contributed by atoms with E-state index in [9.17, 15) is 32.3 Å². The predicted octanol–water partition coefficient (Wildman–Crippen LogP) is 5.84. The number of aryl methyl sites for hydroxylation is 1. The number of aliphatic carboxylic acids is 1. The first-order valence-electron chi connectivity index (χ1n) is 17.0. The summed E-state index contributed by atoms with van der Waals surface area (Å²) in [6.07, 6.45) is -2.97. The largest absolute Gasteiger partial charge is 0.481 e. The molecule has 0 saturated heterocycles. The average Bonchev–Trinajstić information content (AvgIpc) is 3.91. The Morgan fingerprint density at radius 1 is 0.855 bits per heavy atom. The minimum atomic E-state index is -4.62. The van der Waals surface area contributed by atoms with Crippen molar-refractivity contribution in [1.82, 2.24) is 25.6 Å². The molecule has 0 bridgehead atoms. The Kier molecular flexibility index (Phi) is 12.4. The Morgan fingerprint density at radius 3 is 2.18 bits per heavy atom. The molecule has 3 aromatic carbocycles. The van der Waals surface area contributed by atoms with Crippen molar-refractivity contribution in [2.45, 2.75) is 51.2 Å². The highest BCUT2D eigenvalue weighted by Crippen LogP contribution is 2.48. The van der Waals surface area contributed by atoms with Crippen molar-refractivity contribution < 1.29 is 42.2 Å². The van der Waals surface area contributed by atoms with E-state index in [2.05, 4.69) is 41.5 Å². The number of benzene rings is 3. The number of alkyl halides is 3. The van der Waals surface area contributed by atoms with Gasteiger partial charge >= 0.3 is 30.0 Å². The first kappa shape index (κ1) is 40.2. The molecule has 1 heterocycles. The summed E-state index contributed by atoms with van der Waals surface area (Å²) in [5, 5.41) is 23.4. The Labute approximate surface area is 318 Å². The summed E-state index contributed by atoms with van der Waals surface area (Å²) in [6, 6.07) is 19.3. The highest BCUT2D eigenvalue weighted by Gasteiger charge is 2.45. The molecule has 1 aromatic heterocycles. The van der Waals surface area contributed by atoms with E-state index in [-0.39, 0.29) is 37.8 Å². The predicted molar refractivity (Wildman–Crippen MR) is 197 cm³/mol. The molecule has 0 radical (unpaired) electrons. The van der Waals surface area contributed by atoms with E-state index in [1.165, 1.54) is 12.1 Å². The summed E-state index contributed by atoms with van der Waals surface area (Å²) in [5.74, 6) is -3.25. The van der Waals surface area contributed by atoms with Crippen LogP contribution in [-0.2, 0) is 26.3 Å². The molecule has 1 fully saturated rings. The quantitative estimate of drug-likeness (QED) is 0.0748. The third-order valence-electron chi connectivity index (χ3n) is 8.35. The highest BCUT2D eigenvalue weighted by atomic mass is 35.5. The van der Waals surface area contributed by atoms with Crippen molar-refractivity contribution in [3.05, 3.63) is 94.5 Å². The van der Waals surface area contributed by atoms with Gasteiger partial charge in [0.2, 0.25) is 11.9 Å². The molecule has 1 saturated carbocycles. The molecule has 0 aliphatic heterocycles. The van der Waals surface area contributed by atoms with Gasteiger partial charge in [0.25, 0.3) is 5.91 Å². The third-order valence-corrected chi connectivity index (χ3v) is 8.61. The van der Waals surface area contributed by atoms with Crippen LogP contribution in [0, 0.1) is 5.41 Å². The second kappa shape index (κ2) is 17.0. The normalized spacial score (nSPS) is 13.3. The number of hydrogen-bond acceptors (Lipinski definition) is 10. The minimum Gasteiger partial charge on any atom is -0.481 e. The van der Waals surface area contributed by atoms with Crippen molar-refractivity contribution in [2.75, 3.05) is 35.6 Å². The minimum absolute atomic E-state index is 0.00249. The van der Waals surface area contributed by atoms with Crippen LogP contribution < -0.4 is 31.3 Å². The molecule has 18 heteroatoms. The van der Waals surface area contributed by atoms with Crippen LogP contribution in [0.5, 0.6) is 6.01 Å². The molecule has 6 N–H and O–H groups in total. The number of carbonyl (C=O) groups is 4. The van der Waals surface area contributed by atoms with E-state index < -0.39 is 53.4 Å². The van der Waals surface area contributed by atoms with E-state index in [1.54, 1.807) is 62.4 Å². The van der Waals surface area contributed by atoms with Crippen LogP contribution in [0.1, 0.15) is 54.6 Å². The lowest BCUT2D eigenvalue weighted by atomic mass is 9.93. The highest BCUT2D eigenvalue weighted by molar-refractivity contribution is 6.39.